The summed E-state index contributed by atoms with van der Waals surface area (Å²) in [7, 11) is -11.2. The van der Waals surface area contributed by atoms with E-state index < -0.39 is 50.4 Å². The summed E-state index contributed by atoms with van der Waals surface area (Å²) in [6, 6.07) is 5.67. The standard InChI is InChI=1S/C36H68Br2O8S2Si6/c1-49(2,3)43-53(13,44-50(4,5)6)25-21-17-15-19-23-41-35(39)29-27-31(47-33(29)37)32-28-30(34(38)48-32)36(40)42-24-20-16-18-22-26-54(14,45-51(7,8)9)46-52(10,11)12/h27-28H,15-26H2,1-14H3. The minimum absolute atomic E-state index is 0.342. The van der Waals surface area contributed by atoms with Gasteiger partial charge < -0.3 is 25.9 Å². The molecule has 0 aliphatic heterocycles. The summed E-state index contributed by atoms with van der Waals surface area (Å²) in [6.45, 7) is 32.1. The van der Waals surface area contributed by atoms with Gasteiger partial charge >= 0.3 is 29.1 Å². The van der Waals surface area contributed by atoms with E-state index in [1.54, 1.807) is 0 Å². The Bertz CT molecular complexity index is 1350. The summed E-state index contributed by atoms with van der Waals surface area (Å²) in [6.07, 6.45) is 7.82. The number of hydrogen-bond acceptors (Lipinski definition) is 10. The third-order valence-electron chi connectivity index (χ3n) is 7.66. The first-order valence-electron chi connectivity index (χ1n) is 19.3. The van der Waals surface area contributed by atoms with Crippen molar-refractivity contribution in [2.45, 2.75) is 155 Å². The summed E-state index contributed by atoms with van der Waals surface area (Å²) < 4.78 is 39.2. The Balaban J connectivity index is 1.80. The van der Waals surface area contributed by atoms with Gasteiger partial charge in [-0.15, -0.1) is 22.7 Å². The van der Waals surface area contributed by atoms with Crippen LogP contribution in [0.3, 0.4) is 0 Å². The van der Waals surface area contributed by atoms with Crippen LogP contribution in [0.5, 0.6) is 0 Å². The average Bonchev–Trinajstić information content (AvgIpc) is 3.54. The summed E-state index contributed by atoms with van der Waals surface area (Å²) in [5.41, 5.74) is 0.999. The quantitative estimate of drug-likeness (QED) is 0.0552. The molecule has 0 fully saturated rings. The van der Waals surface area contributed by atoms with Crippen LogP contribution < -0.4 is 0 Å². The van der Waals surface area contributed by atoms with Gasteiger partial charge in [0.15, 0.2) is 33.3 Å². The molecule has 2 aromatic heterocycles. The molecule has 0 bridgehead atoms. The second-order valence-electron chi connectivity index (χ2n) is 18.3. The highest BCUT2D eigenvalue weighted by atomic mass is 79.9. The lowest BCUT2D eigenvalue weighted by Crippen LogP contribution is -2.52. The van der Waals surface area contributed by atoms with Crippen molar-refractivity contribution in [2.24, 2.45) is 0 Å². The molecule has 0 aliphatic rings. The highest BCUT2D eigenvalue weighted by Crippen LogP contribution is 2.42. The fourth-order valence-corrected chi connectivity index (χ4v) is 35.0. The molecule has 0 unspecified atom stereocenters. The maximum atomic E-state index is 13.0. The van der Waals surface area contributed by atoms with Crippen molar-refractivity contribution in [3.05, 3.63) is 30.8 Å². The third-order valence-corrected chi connectivity index (χ3v) is 30.8. The second kappa shape index (κ2) is 21.6. The number of rotatable bonds is 25. The molecule has 0 aliphatic carbocycles. The van der Waals surface area contributed by atoms with E-state index in [9.17, 15) is 9.59 Å². The molecular weight excluding hydrogens is 953 g/mol. The van der Waals surface area contributed by atoms with Crippen molar-refractivity contribution in [1.82, 2.24) is 0 Å². The number of hydrogen-bond donors (Lipinski definition) is 0. The van der Waals surface area contributed by atoms with Crippen LogP contribution in [0.4, 0.5) is 0 Å². The first-order valence-corrected chi connectivity index (χ1v) is 41.2. The zero-order chi connectivity index (χ0) is 41.2. The van der Waals surface area contributed by atoms with Crippen LogP contribution in [0.25, 0.3) is 9.75 Å². The number of thiophene rings is 2. The molecule has 310 valence electrons. The lowest BCUT2D eigenvalue weighted by Gasteiger charge is -2.38. The minimum Gasteiger partial charge on any atom is -0.462 e. The predicted molar refractivity (Wildman–Crippen MR) is 251 cm³/mol. The van der Waals surface area contributed by atoms with Crippen molar-refractivity contribution < 1.29 is 35.5 Å². The average molecular weight is 1020 g/mol. The van der Waals surface area contributed by atoms with Crippen molar-refractivity contribution in [3.63, 3.8) is 0 Å². The fourth-order valence-electron chi connectivity index (χ4n) is 6.38. The van der Waals surface area contributed by atoms with Gasteiger partial charge in [-0.25, -0.2) is 9.59 Å². The van der Waals surface area contributed by atoms with E-state index in [2.05, 4.69) is 124 Å². The zero-order valence-corrected chi connectivity index (χ0v) is 46.3. The Morgan fingerprint density at radius 2 is 0.759 bits per heavy atom. The lowest BCUT2D eigenvalue weighted by atomic mass is 10.2. The van der Waals surface area contributed by atoms with E-state index in [1.807, 2.05) is 12.1 Å². The molecule has 2 aromatic rings. The molecule has 0 amide bonds. The first-order chi connectivity index (χ1) is 24.6. The van der Waals surface area contributed by atoms with Crippen molar-refractivity contribution in [3.8, 4) is 9.75 Å². The van der Waals surface area contributed by atoms with E-state index in [4.69, 9.17) is 25.9 Å². The van der Waals surface area contributed by atoms with Crippen LogP contribution >= 0.6 is 54.5 Å². The molecule has 0 atom stereocenters. The molecule has 54 heavy (non-hydrogen) atoms. The van der Waals surface area contributed by atoms with Gasteiger partial charge in [0.05, 0.1) is 31.9 Å². The Hall–Kier alpha value is 0.441. The Morgan fingerprint density at radius 1 is 0.481 bits per heavy atom. The zero-order valence-electron chi connectivity index (χ0n) is 35.5. The van der Waals surface area contributed by atoms with E-state index in [0.717, 1.165) is 73.2 Å². The molecule has 0 spiro atoms. The van der Waals surface area contributed by atoms with Gasteiger partial charge in [0.25, 0.3) is 0 Å². The molecule has 2 rings (SSSR count). The lowest BCUT2D eigenvalue weighted by molar-refractivity contribution is 0.0488. The van der Waals surface area contributed by atoms with Gasteiger partial charge in [-0.1, -0.05) is 38.5 Å². The molecule has 0 N–H and O–H groups in total. The SMILES string of the molecule is C[Si](C)(C)O[Si](C)(CCCCCCOC(=O)c1cc(-c2cc(C(=O)OCCCCCC[Si](C)(O[Si](C)(C)C)O[Si](C)(C)C)c(Br)s2)sc1Br)O[Si](C)(C)C. The number of carbonyl (C=O) groups is 2. The highest BCUT2D eigenvalue weighted by Gasteiger charge is 2.41. The van der Waals surface area contributed by atoms with Crippen LogP contribution in [-0.2, 0) is 25.9 Å². The van der Waals surface area contributed by atoms with E-state index in [0.29, 0.717) is 31.9 Å². The number of halogens is 2. The Morgan fingerprint density at radius 3 is 1.04 bits per heavy atom. The van der Waals surface area contributed by atoms with Gasteiger partial charge in [0, 0.05) is 9.75 Å². The molecule has 18 heteroatoms. The summed E-state index contributed by atoms with van der Waals surface area (Å²) in [5.74, 6) is -0.684. The fraction of sp³-hybridized carbons (Fsp3) is 0.722. The summed E-state index contributed by atoms with van der Waals surface area (Å²) in [5, 5.41) is 0. The normalized spacial score (nSPS) is 13.4. The predicted octanol–water partition coefficient (Wildman–Crippen LogP) is 14.0. The summed E-state index contributed by atoms with van der Waals surface area (Å²) in [4.78, 5) is 27.8. The number of carbonyl (C=O) groups excluding carboxylic acids is 2. The van der Waals surface area contributed by atoms with Gasteiger partial charge in [0.2, 0.25) is 0 Å². The molecule has 8 nitrogen and oxygen atoms in total. The molecule has 0 saturated carbocycles. The van der Waals surface area contributed by atoms with Crippen molar-refractivity contribution in [1.29, 1.82) is 0 Å². The van der Waals surface area contributed by atoms with E-state index in [-0.39, 0.29) is 11.9 Å². The van der Waals surface area contributed by atoms with Crippen LogP contribution in [-0.4, -0.2) is 75.5 Å². The maximum Gasteiger partial charge on any atom is 0.340 e. The van der Waals surface area contributed by atoms with Crippen molar-refractivity contribution >= 4 is 117 Å². The van der Waals surface area contributed by atoms with Gasteiger partial charge in [-0.3, -0.25) is 0 Å². The van der Waals surface area contributed by atoms with Gasteiger partial charge in [0.1, 0.15) is 0 Å². The third kappa shape index (κ3) is 20.4. The van der Waals surface area contributed by atoms with Gasteiger partial charge in [-0.2, -0.15) is 0 Å². The Labute approximate surface area is 358 Å². The monoisotopic (exact) mass is 1020 g/mol. The van der Waals surface area contributed by atoms with Crippen LogP contribution in [0.15, 0.2) is 19.7 Å². The maximum absolute atomic E-state index is 13.0. The molecule has 0 aromatic carbocycles. The molecule has 0 radical (unpaired) electrons. The minimum atomic E-state index is -2.22. The molecule has 2 heterocycles. The van der Waals surface area contributed by atoms with Gasteiger partial charge in [-0.05, 0) is 161 Å². The van der Waals surface area contributed by atoms with Crippen LogP contribution in [0.2, 0.25) is 104 Å². The first kappa shape index (κ1) is 50.6. The topological polar surface area (TPSA) is 89.5 Å². The largest absolute Gasteiger partial charge is 0.462 e. The second-order valence-corrected chi connectivity index (χ2v) is 48.8. The smallest absolute Gasteiger partial charge is 0.340 e. The van der Waals surface area contributed by atoms with Crippen molar-refractivity contribution in [2.75, 3.05) is 13.2 Å². The Kier molecular flexibility index (Phi) is 20.3. The number of ether oxygens (including phenoxy) is 2. The number of unbranched alkanes of at least 4 members (excludes halogenated alkanes) is 6. The molecule has 0 saturated heterocycles. The number of esters is 2. The van der Waals surface area contributed by atoms with E-state index in [1.165, 1.54) is 22.7 Å². The highest BCUT2D eigenvalue weighted by molar-refractivity contribution is 9.11. The summed E-state index contributed by atoms with van der Waals surface area (Å²) >= 11 is 10.0. The van der Waals surface area contributed by atoms with Crippen LogP contribution in [0, 0.1) is 0 Å². The van der Waals surface area contributed by atoms with Crippen LogP contribution in [0.1, 0.15) is 72.1 Å². The van der Waals surface area contributed by atoms with E-state index >= 15 is 0 Å². The molecular formula is C36H68Br2O8S2Si6.